The van der Waals surface area contributed by atoms with E-state index in [-0.39, 0.29) is 18.1 Å². The van der Waals surface area contributed by atoms with Crippen LogP contribution >= 0.6 is 0 Å². The topological polar surface area (TPSA) is 41.3 Å². The molecule has 0 bridgehead atoms. The third kappa shape index (κ3) is 5.50. The molecule has 0 aromatic carbocycles. The summed E-state index contributed by atoms with van der Waals surface area (Å²) < 4.78 is 42.6. The predicted molar refractivity (Wildman–Crippen MR) is 67.0 cm³/mol. The molecular weight excluding hydrogens is 259 g/mol. The molecule has 1 rings (SSSR count). The highest BCUT2D eigenvalue weighted by molar-refractivity contribution is 5.28. The van der Waals surface area contributed by atoms with E-state index in [1.54, 1.807) is 13.8 Å². The SMILES string of the molecule is CC(C)NCc1coc(N(CC(F)(F)F)C(C)C)n1. The number of hydrogen-bond donors (Lipinski definition) is 1. The molecule has 0 aliphatic carbocycles. The molecular formula is C12H20F3N3O. The van der Waals surface area contributed by atoms with Crippen molar-refractivity contribution in [2.24, 2.45) is 0 Å². The van der Waals surface area contributed by atoms with Gasteiger partial charge >= 0.3 is 6.18 Å². The number of nitrogens with one attached hydrogen (secondary N) is 1. The second kappa shape index (κ2) is 6.27. The van der Waals surface area contributed by atoms with E-state index in [4.69, 9.17) is 4.42 Å². The molecule has 0 aliphatic heterocycles. The maximum atomic E-state index is 12.5. The smallest absolute Gasteiger partial charge is 0.406 e. The Morgan fingerprint density at radius 2 is 1.95 bits per heavy atom. The van der Waals surface area contributed by atoms with Gasteiger partial charge < -0.3 is 14.6 Å². The van der Waals surface area contributed by atoms with E-state index in [0.29, 0.717) is 12.2 Å². The molecule has 110 valence electrons. The van der Waals surface area contributed by atoms with Gasteiger partial charge in [0.25, 0.3) is 6.01 Å². The molecule has 0 saturated carbocycles. The Kier molecular flexibility index (Phi) is 5.22. The number of halogens is 3. The zero-order valence-electron chi connectivity index (χ0n) is 11.6. The van der Waals surface area contributed by atoms with Crippen LogP contribution in [-0.2, 0) is 6.54 Å². The van der Waals surface area contributed by atoms with E-state index < -0.39 is 12.7 Å². The number of hydrogen-bond acceptors (Lipinski definition) is 4. The van der Waals surface area contributed by atoms with Crippen molar-refractivity contribution in [3.05, 3.63) is 12.0 Å². The summed E-state index contributed by atoms with van der Waals surface area (Å²) in [4.78, 5) is 5.18. The first-order valence-corrected chi connectivity index (χ1v) is 6.20. The zero-order valence-corrected chi connectivity index (χ0v) is 11.6. The van der Waals surface area contributed by atoms with E-state index in [2.05, 4.69) is 10.3 Å². The van der Waals surface area contributed by atoms with Gasteiger partial charge in [-0.05, 0) is 13.8 Å². The van der Waals surface area contributed by atoms with Crippen molar-refractivity contribution in [3.8, 4) is 0 Å². The van der Waals surface area contributed by atoms with E-state index in [1.165, 1.54) is 6.26 Å². The third-order valence-electron chi connectivity index (χ3n) is 2.45. The van der Waals surface area contributed by atoms with Crippen LogP contribution < -0.4 is 10.2 Å². The summed E-state index contributed by atoms with van der Waals surface area (Å²) in [6.07, 6.45) is -2.90. The molecule has 0 fully saturated rings. The van der Waals surface area contributed by atoms with Gasteiger partial charge in [0.1, 0.15) is 12.8 Å². The van der Waals surface area contributed by atoms with Crippen LogP contribution in [0.25, 0.3) is 0 Å². The molecule has 0 radical (unpaired) electrons. The van der Waals surface area contributed by atoms with Crippen molar-refractivity contribution in [2.75, 3.05) is 11.4 Å². The summed E-state index contributed by atoms with van der Waals surface area (Å²) in [5, 5.41) is 3.13. The lowest BCUT2D eigenvalue weighted by atomic mass is 10.3. The Labute approximate surface area is 111 Å². The molecule has 1 aromatic rings. The molecule has 0 amide bonds. The van der Waals surface area contributed by atoms with Crippen molar-refractivity contribution in [3.63, 3.8) is 0 Å². The van der Waals surface area contributed by atoms with Gasteiger partial charge in [-0.1, -0.05) is 13.8 Å². The Hall–Kier alpha value is -1.24. The Balaban J connectivity index is 2.75. The molecule has 0 saturated heterocycles. The molecule has 19 heavy (non-hydrogen) atoms. The van der Waals surface area contributed by atoms with Crippen molar-refractivity contribution < 1.29 is 17.6 Å². The lowest BCUT2D eigenvalue weighted by Gasteiger charge is -2.25. The lowest BCUT2D eigenvalue weighted by Crippen LogP contribution is -2.39. The quantitative estimate of drug-likeness (QED) is 0.869. The van der Waals surface area contributed by atoms with Gasteiger partial charge in [0.15, 0.2) is 0 Å². The van der Waals surface area contributed by atoms with Gasteiger partial charge in [-0.25, -0.2) is 0 Å². The summed E-state index contributed by atoms with van der Waals surface area (Å²) in [7, 11) is 0. The maximum absolute atomic E-state index is 12.5. The molecule has 0 aliphatic rings. The van der Waals surface area contributed by atoms with Crippen LogP contribution in [0, 0.1) is 0 Å². The zero-order chi connectivity index (χ0) is 14.6. The summed E-state index contributed by atoms with van der Waals surface area (Å²) in [6.45, 7) is 6.70. The van der Waals surface area contributed by atoms with Crippen LogP contribution in [0.4, 0.5) is 19.2 Å². The van der Waals surface area contributed by atoms with Gasteiger partial charge in [-0.15, -0.1) is 0 Å². The number of oxazole rings is 1. The molecule has 0 atom stereocenters. The monoisotopic (exact) mass is 279 g/mol. The summed E-state index contributed by atoms with van der Waals surface area (Å²) in [6, 6.07) is -0.0596. The fourth-order valence-corrected chi connectivity index (χ4v) is 1.48. The first-order valence-electron chi connectivity index (χ1n) is 6.20. The van der Waals surface area contributed by atoms with Gasteiger partial charge in [-0.3, -0.25) is 0 Å². The van der Waals surface area contributed by atoms with Gasteiger partial charge in [0.2, 0.25) is 0 Å². The molecule has 4 nitrogen and oxygen atoms in total. The van der Waals surface area contributed by atoms with Crippen LogP contribution in [0.15, 0.2) is 10.7 Å². The number of nitrogens with zero attached hydrogens (tertiary/aromatic N) is 2. The van der Waals surface area contributed by atoms with Crippen LogP contribution in [0.5, 0.6) is 0 Å². The van der Waals surface area contributed by atoms with Crippen LogP contribution in [0.1, 0.15) is 33.4 Å². The number of anilines is 1. The van der Waals surface area contributed by atoms with Crippen molar-refractivity contribution in [1.29, 1.82) is 0 Å². The summed E-state index contributed by atoms with van der Waals surface area (Å²) >= 11 is 0. The van der Waals surface area contributed by atoms with Crippen molar-refractivity contribution >= 4 is 6.01 Å². The largest absolute Gasteiger partial charge is 0.432 e. The standard InChI is InChI=1S/C12H20F3N3O/c1-8(2)16-5-10-6-19-11(17-10)18(9(3)4)7-12(13,14)15/h6,8-9,16H,5,7H2,1-4H3. The van der Waals surface area contributed by atoms with E-state index >= 15 is 0 Å². The molecule has 1 aromatic heterocycles. The van der Waals surface area contributed by atoms with Crippen LogP contribution in [-0.4, -0.2) is 29.8 Å². The average molecular weight is 279 g/mol. The Morgan fingerprint density at radius 1 is 1.32 bits per heavy atom. The molecule has 7 heteroatoms. The number of aromatic nitrogens is 1. The molecule has 0 unspecified atom stereocenters. The second-order valence-corrected chi connectivity index (χ2v) is 4.99. The number of rotatable bonds is 6. The van der Waals surface area contributed by atoms with Crippen molar-refractivity contribution in [1.82, 2.24) is 10.3 Å². The van der Waals surface area contributed by atoms with Crippen LogP contribution in [0.3, 0.4) is 0 Å². The highest BCUT2D eigenvalue weighted by Gasteiger charge is 2.33. The van der Waals surface area contributed by atoms with E-state index in [0.717, 1.165) is 4.90 Å². The van der Waals surface area contributed by atoms with Gasteiger partial charge in [0.05, 0.1) is 5.69 Å². The van der Waals surface area contributed by atoms with E-state index in [1.807, 2.05) is 13.8 Å². The molecule has 0 spiro atoms. The summed E-state index contributed by atoms with van der Waals surface area (Å²) in [5.41, 5.74) is 0.594. The lowest BCUT2D eigenvalue weighted by molar-refractivity contribution is -0.121. The first kappa shape index (κ1) is 15.8. The highest BCUT2D eigenvalue weighted by Crippen LogP contribution is 2.23. The summed E-state index contributed by atoms with van der Waals surface area (Å²) in [5.74, 6) is 0. The number of alkyl halides is 3. The van der Waals surface area contributed by atoms with Gasteiger partial charge in [0, 0.05) is 18.6 Å². The minimum atomic E-state index is -4.28. The predicted octanol–water partition coefficient (Wildman–Crippen LogP) is 2.95. The molecule has 1 N–H and O–H groups in total. The first-order chi connectivity index (χ1) is 8.69. The van der Waals surface area contributed by atoms with Crippen molar-refractivity contribution in [2.45, 2.75) is 52.5 Å². The fourth-order valence-electron chi connectivity index (χ4n) is 1.48. The minimum absolute atomic E-state index is 0.00730. The van der Waals surface area contributed by atoms with E-state index in [9.17, 15) is 13.2 Å². The molecule has 1 heterocycles. The maximum Gasteiger partial charge on any atom is 0.406 e. The highest BCUT2D eigenvalue weighted by atomic mass is 19.4. The fraction of sp³-hybridized carbons (Fsp3) is 0.750. The average Bonchev–Trinajstić information content (AvgIpc) is 2.69. The third-order valence-corrected chi connectivity index (χ3v) is 2.45. The normalized spacial score (nSPS) is 12.5. The second-order valence-electron chi connectivity index (χ2n) is 4.99. The minimum Gasteiger partial charge on any atom is -0.432 e. The Morgan fingerprint density at radius 3 is 2.42 bits per heavy atom. The van der Waals surface area contributed by atoms with Gasteiger partial charge in [-0.2, -0.15) is 18.2 Å². The van der Waals surface area contributed by atoms with Crippen LogP contribution in [0.2, 0.25) is 0 Å². The Bertz CT molecular complexity index is 388.